The van der Waals surface area contributed by atoms with Gasteiger partial charge in [0, 0.05) is 10.4 Å². The average molecular weight is 344 g/mol. The number of amides is 1. The fraction of sp³-hybridized carbons (Fsp3) is 0.118. The largest absolute Gasteiger partial charge is 0.493 e. The third-order valence-electron chi connectivity index (χ3n) is 3.36. The SMILES string of the molecule is C[C@H](Oc1cccc(Cl)c1)C(=O)N=Nc1c(O)[nH]c2ccccc12. The van der Waals surface area contributed by atoms with E-state index in [1.54, 1.807) is 49.4 Å². The van der Waals surface area contributed by atoms with Crippen molar-refractivity contribution < 1.29 is 14.6 Å². The second-order valence-corrected chi connectivity index (χ2v) is 5.56. The zero-order valence-electron chi connectivity index (χ0n) is 12.7. The van der Waals surface area contributed by atoms with Gasteiger partial charge in [-0.15, -0.1) is 10.2 Å². The quantitative estimate of drug-likeness (QED) is 0.678. The molecular formula is C17H14ClN3O3. The van der Waals surface area contributed by atoms with Gasteiger partial charge in [-0.1, -0.05) is 35.9 Å². The number of azo groups is 1. The molecule has 0 saturated carbocycles. The van der Waals surface area contributed by atoms with Crippen molar-refractivity contribution in [2.75, 3.05) is 0 Å². The van der Waals surface area contributed by atoms with Crippen LogP contribution in [0.25, 0.3) is 10.9 Å². The van der Waals surface area contributed by atoms with Crippen molar-refractivity contribution in [3.63, 3.8) is 0 Å². The lowest BCUT2D eigenvalue weighted by Gasteiger charge is -2.10. The number of carbonyl (C=O) groups is 1. The lowest BCUT2D eigenvalue weighted by atomic mass is 10.2. The summed E-state index contributed by atoms with van der Waals surface area (Å²) in [5, 5.41) is 18.6. The summed E-state index contributed by atoms with van der Waals surface area (Å²) in [5.74, 6) is -0.246. The van der Waals surface area contributed by atoms with Crippen LogP contribution in [0.5, 0.6) is 11.6 Å². The van der Waals surface area contributed by atoms with Crippen molar-refractivity contribution in [2.24, 2.45) is 10.2 Å². The van der Waals surface area contributed by atoms with Crippen LogP contribution in [-0.4, -0.2) is 22.1 Å². The van der Waals surface area contributed by atoms with Crippen LogP contribution in [0, 0.1) is 0 Å². The van der Waals surface area contributed by atoms with E-state index in [-0.39, 0.29) is 11.6 Å². The fourth-order valence-corrected chi connectivity index (χ4v) is 2.37. The first-order chi connectivity index (χ1) is 11.5. The van der Waals surface area contributed by atoms with Gasteiger partial charge in [0.15, 0.2) is 11.8 Å². The van der Waals surface area contributed by atoms with Crippen LogP contribution < -0.4 is 4.74 Å². The average Bonchev–Trinajstić information content (AvgIpc) is 2.88. The van der Waals surface area contributed by atoms with Crippen LogP contribution in [0.2, 0.25) is 5.02 Å². The first-order valence-corrected chi connectivity index (χ1v) is 7.60. The summed E-state index contributed by atoms with van der Waals surface area (Å²) in [5.41, 5.74) is 0.925. The Balaban J connectivity index is 1.75. The predicted octanol–water partition coefficient (Wildman–Crippen LogP) is 4.60. The molecule has 0 unspecified atom stereocenters. The van der Waals surface area contributed by atoms with Crippen LogP contribution in [0.4, 0.5) is 5.69 Å². The zero-order valence-corrected chi connectivity index (χ0v) is 13.5. The Morgan fingerprint density at radius 3 is 2.83 bits per heavy atom. The number of fused-ring (bicyclic) bond motifs is 1. The zero-order chi connectivity index (χ0) is 17.1. The number of benzene rings is 2. The molecule has 0 aliphatic carbocycles. The van der Waals surface area contributed by atoms with E-state index < -0.39 is 12.0 Å². The highest BCUT2D eigenvalue weighted by atomic mass is 35.5. The van der Waals surface area contributed by atoms with Crippen LogP contribution in [0.1, 0.15) is 6.92 Å². The Bertz CT molecular complexity index is 920. The number of aromatic nitrogens is 1. The third-order valence-corrected chi connectivity index (χ3v) is 3.60. The number of carbonyl (C=O) groups excluding carboxylic acids is 1. The normalized spacial score (nSPS) is 12.6. The highest BCUT2D eigenvalue weighted by molar-refractivity contribution is 6.30. The van der Waals surface area contributed by atoms with Gasteiger partial charge >= 0.3 is 5.91 Å². The molecule has 1 atom stereocenters. The van der Waals surface area contributed by atoms with Gasteiger partial charge in [0.1, 0.15) is 5.75 Å². The molecule has 1 amide bonds. The molecule has 2 aromatic carbocycles. The van der Waals surface area contributed by atoms with Gasteiger partial charge in [-0.2, -0.15) is 0 Å². The number of rotatable bonds is 4. The number of aromatic amines is 1. The number of nitrogens with zero attached hydrogens (tertiary/aromatic N) is 2. The van der Waals surface area contributed by atoms with Crippen LogP contribution in [0.3, 0.4) is 0 Å². The number of hydrogen-bond acceptors (Lipinski definition) is 4. The highest BCUT2D eigenvalue weighted by Gasteiger charge is 2.16. The molecule has 2 N–H and O–H groups in total. The van der Waals surface area contributed by atoms with E-state index in [1.807, 2.05) is 6.07 Å². The molecule has 0 aliphatic heterocycles. The van der Waals surface area contributed by atoms with E-state index in [9.17, 15) is 9.90 Å². The molecule has 6 nitrogen and oxygen atoms in total. The van der Waals surface area contributed by atoms with Gasteiger partial charge < -0.3 is 14.8 Å². The van der Waals surface area contributed by atoms with Crippen molar-refractivity contribution in [1.82, 2.24) is 4.98 Å². The van der Waals surface area contributed by atoms with Gasteiger partial charge in [0.25, 0.3) is 0 Å². The Kier molecular flexibility index (Phi) is 4.48. The highest BCUT2D eigenvalue weighted by Crippen LogP contribution is 2.35. The molecule has 1 heterocycles. The topological polar surface area (TPSA) is 87.0 Å². The second kappa shape index (κ2) is 6.72. The summed E-state index contributed by atoms with van der Waals surface area (Å²) < 4.78 is 5.49. The van der Waals surface area contributed by atoms with Crippen molar-refractivity contribution in [2.45, 2.75) is 13.0 Å². The molecule has 122 valence electrons. The summed E-state index contributed by atoms with van der Waals surface area (Å²) in [4.78, 5) is 14.8. The van der Waals surface area contributed by atoms with Crippen molar-refractivity contribution >= 4 is 34.1 Å². The van der Waals surface area contributed by atoms with E-state index in [0.29, 0.717) is 21.7 Å². The number of H-pyrrole nitrogens is 1. The molecule has 3 aromatic rings. The van der Waals surface area contributed by atoms with Crippen molar-refractivity contribution in [1.29, 1.82) is 0 Å². The lowest BCUT2D eigenvalue weighted by Crippen LogP contribution is -2.21. The van der Waals surface area contributed by atoms with E-state index in [4.69, 9.17) is 16.3 Å². The van der Waals surface area contributed by atoms with Gasteiger partial charge in [-0.05, 0) is 31.2 Å². The molecule has 1 aromatic heterocycles. The van der Waals surface area contributed by atoms with Gasteiger partial charge in [0.05, 0.1) is 5.52 Å². The summed E-state index contributed by atoms with van der Waals surface area (Å²) in [7, 11) is 0. The summed E-state index contributed by atoms with van der Waals surface area (Å²) in [6, 6.07) is 13.9. The minimum atomic E-state index is -0.834. The number of para-hydroxylation sites is 1. The molecule has 0 fully saturated rings. The standard InChI is InChI=1S/C17H14ClN3O3/c1-10(24-12-6-4-5-11(18)9-12)16(22)21-20-15-13-7-2-3-8-14(13)19-17(15)23/h2-10,19,23H,1H3/t10-/m0/s1. The number of aromatic hydroxyl groups is 1. The number of hydrogen-bond donors (Lipinski definition) is 2. The number of ether oxygens (including phenoxy) is 1. The van der Waals surface area contributed by atoms with Crippen LogP contribution in [-0.2, 0) is 4.79 Å². The van der Waals surface area contributed by atoms with Gasteiger partial charge in [-0.3, -0.25) is 4.79 Å². The van der Waals surface area contributed by atoms with E-state index in [0.717, 1.165) is 0 Å². The molecule has 0 radical (unpaired) electrons. The summed E-state index contributed by atoms with van der Waals surface area (Å²) in [6.45, 7) is 1.57. The Morgan fingerprint density at radius 2 is 2.04 bits per heavy atom. The second-order valence-electron chi connectivity index (χ2n) is 5.12. The predicted molar refractivity (Wildman–Crippen MR) is 91.0 cm³/mol. The molecular weight excluding hydrogens is 330 g/mol. The van der Waals surface area contributed by atoms with Crippen molar-refractivity contribution in [3.05, 3.63) is 53.6 Å². The maximum atomic E-state index is 12.1. The molecule has 7 heteroatoms. The Hall–Kier alpha value is -2.86. The van der Waals surface area contributed by atoms with Crippen LogP contribution >= 0.6 is 11.6 Å². The first kappa shape index (κ1) is 16.0. The van der Waals surface area contributed by atoms with E-state index in [1.165, 1.54) is 0 Å². The van der Waals surface area contributed by atoms with E-state index >= 15 is 0 Å². The van der Waals surface area contributed by atoms with Crippen molar-refractivity contribution in [3.8, 4) is 11.6 Å². The Labute approximate surface area is 142 Å². The smallest absolute Gasteiger partial charge is 0.304 e. The van der Waals surface area contributed by atoms with Gasteiger partial charge in [-0.25, -0.2) is 0 Å². The molecule has 0 bridgehead atoms. The monoisotopic (exact) mass is 343 g/mol. The number of nitrogens with one attached hydrogen (secondary N) is 1. The fourth-order valence-electron chi connectivity index (χ4n) is 2.19. The summed E-state index contributed by atoms with van der Waals surface area (Å²) >= 11 is 5.87. The lowest BCUT2D eigenvalue weighted by molar-refractivity contribution is -0.124. The molecule has 3 rings (SSSR count). The maximum Gasteiger partial charge on any atom is 0.304 e. The Morgan fingerprint density at radius 1 is 1.25 bits per heavy atom. The molecule has 24 heavy (non-hydrogen) atoms. The van der Waals surface area contributed by atoms with Crippen LogP contribution in [0.15, 0.2) is 58.8 Å². The minimum Gasteiger partial charge on any atom is -0.493 e. The molecule has 0 spiro atoms. The molecule has 0 saturated heterocycles. The molecule has 0 aliphatic rings. The maximum absolute atomic E-state index is 12.1. The number of halogens is 1. The first-order valence-electron chi connectivity index (χ1n) is 7.22. The van der Waals surface area contributed by atoms with Gasteiger partial charge in [0.2, 0.25) is 5.88 Å². The minimum absolute atomic E-state index is 0.142. The summed E-state index contributed by atoms with van der Waals surface area (Å²) in [6.07, 6.45) is -0.834. The third kappa shape index (κ3) is 3.38. The van der Waals surface area contributed by atoms with E-state index in [2.05, 4.69) is 15.2 Å².